The second kappa shape index (κ2) is 8.15. The zero-order valence-corrected chi connectivity index (χ0v) is 16.0. The van der Waals surface area contributed by atoms with Crippen molar-refractivity contribution in [2.75, 3.05) is 25.1 Å². The van der Waals surface area contributed by atoms with Crippen molar-refractivity contribution in [2.45, 2.75) is 30.8 Å². The lowest BCUT2D eigenvalue weighted by molar-refractivity contribution is 0.588. The molecule has 0 radical (unpaired) electrons. The minimum Gasteiger partial charge on any atom is -0.357 e. The van der Waals surface area contributed by atoms with E-state index in [0.717, 1.165) is 5.56 Å². The maximum Gasteiger partial charge on any atom is 0.240 e. The Morgan fingerprint density at radius 1 is 1.28 bits per heavy atom. The zero-order valence-electron chi connectivity index (χ0n) is 14.3. The summed E-state index contributed by atoms with van der Waals surface area (Å²) < 4.78 is 48.8. The molecule has 1 atom stereocenters. The van der Waals surface area contributed by atoms with Gasteiger partial charge in [0.05, 0.1) is 22.9 Å². The first-order valence-corrected chi connectivity index (χ1v) is 11.3. The molecule has 2 rings (SSSR count). The first-order valence-electron chi connectivity index (χ1n) is 8.03. The molecule has 0 amide bonds. The van der Waals surface area contributed by atoms with Gasteiger partial charge in [-0.15, -0.1) is 0 Å². The number of nitrogens with zero attached hydrogens (tertiary/aromatic N) is 1. The Labute approximate surface area is 149 Å². The number of aliphatic imine (C=N–C) groups is 1. The van der Waals surface area contributed by atoms with Crippen molar-refractivity contribution >= 4 is 25.8 Å². The van der Waals surface area contributed by atoms with Crippen LogP contribution in [-0.4, -0.2) is 53.9 Å². The molecule has 25 heavy (non-hydrogen) atoms. The molecule has 1 aliphatic heterocycles. The molecule has 8 nitrogen and oxygen atoms in total. The van der Waals surface area contributed by atoms with Gasteiger partial charge in [0, 0.05) is 12.6 Å². The molecule has 10 heteroatoms. The maximum absolute atomic E-state index is 11.7. The monoisotopic (exact) mass is 388 g/mol. The number of guanidine groups is 1. The van der Waals surface area contributed by atoms with E-state index >= 15 is 0 Å². The molecule has 1 heterocycles. The molecule has 0 aliphatic carbocycles. The molecule has 140 valence electrons. The normalized spacial score (nSPS) is 20.4. The van der Waals surface area contributed by atoms with Crippen LogP contribution in [0.5, 0.6) is 0 Å². The average Bonchev–Trinajstić information content (AvgIpc) is 2.92. The second-order valence-electron chi connectivity index (χ2n) is 5.79. The summed E-state index contributed by atoms with van der Waals surface area (Å²) in [5.41, 5.74) is 0.853. The van der Waals surface area contributed by atoms with E-state index in [1.165, 1.54) is 19.2 Å². The Balaban J connectivity index is 2.03. The highest BCUT2D eigenvalue weighted by Gasteiger charge is 2.28. The van der Waals surface area contributed by atoms with Crippen LogP contribution in [-0.2, 0) is 26.4 Å². The fraction of sp³-hybridized carbons (Fsp3) is 0.533. The first-order chi connectivity index (χ1) is 11.8. The quantitative estimate of drug-likeness (QED) is 0.460. The van der Waals surface area contributed by atoms with E-state index in [-0.39, 0.29) is 22.4 Å². The predicted octanol–water partition coefficient (Wildman–Crippen LogP) is -0.163. The van der Waals surface area contributed by atoms with Gasteiger partial charge in [0.25, 0.3) is 0 Å². The topological polar surface area (TPSA) is 117 Å². The fourth-order valence-corrected chi connectivity index (χ4v) is 4.89. The lowest BCUT2D eigenvalue weighted by atomic mass is 10.2. The third-order valence-electron chi connectivity index (χ3n) is 3.84. The van der Waals surface area contributed by atoms with Gasteiger partial charge in [0.15, 0.2) is 15.8 Å². The van der Waals surface area contributed by atoms with Gasteiger partial charge in [0.2, 0.25) is 10.0 Å². The molecule has 1 fully saturated rings. The molecular weight excluding hydrogens is 364 g/mol. The van der Waals surface area contributed by atoms with Crippen molar-refractivity contribution in [2.24, 2.45) is 4.99 Å². The maximum atomic E-state index is 11.7. The van der Waals surface area contributed by atoms with Gasteiger partial charge in [-0.05, 0) is 38.1 Å². The van der Waals surface area contributed by atoms with Crippen LogP contribution < -0.4 is 15.4 Å². The minimum absolute atomic E-state index is 0.119. The first kappa shape index (κ1) is 19.7. The minimum atomic E-state index is -3.45. The van der Waals surface area contributed by atoms with Crippen LogP contribution in [0.15, 0.2) is 34.2 Å². The van der Waals surface area contributed by atoms with E-state index in [0.29, 0.717) is 25.5 Å². The van der Waals surface area contributed by atoms with E-state index in [1.807, 2.05) is 6.92 Å². The van der Waals surface area contributed by atoms with Gasteiger partial charge in [-0.1, -0.05) is 12.1 Å². The van der Waals surface area contributed by atoms with Crippen molar-refractivity contribution in [3.63, 3.8) is 0 Å². The van der Waals surface area contributed by atoms with E-state index in [4.69, 9.17) is 0 Å². The van der Waals surface area contributed by atoms with E-state index in [9.17, 15) is 16.8 Å². The summed E-state index contributed by atoms with van der Waals surface area (Å²) in [6.07, 6.45) is 0.573. The summed E-state index contributed by atoms with van der Waals surface area (Å²) in [4.78, 5) is 4.64. The molecule has 0 bridgehead atoms. The SMILES string of the molecule is CCNC(=NCc1ccc(S(=O)(=O)NC)cc1)NC1CCS(=O)(=O)C1. The highest BCUT2D eigenvalue weighted by Crippen LogP contribution is 2.12. The molecule has 0 spiro atoms. The van der Waals surface area contributed by atoms with Crippen molar-refractivity contribution < 1.29 is 16.8 Å². The number of rotatable bonds is 6. The van der Waals surface area contributed by atoms with E-state index < -0.39 is 19.9 Å². The predicted molar refractivity (Wildman–Crippen MR) is 97.7 cm³/mol. The van der Waals surface area contributed by atoms with Gasteiger partial charge in [-0.25, -0.2) is 26.6 Å². The van der Waals surface area contributed by atoms with E-state index in [2.05, 4.69) is 20.3 Å². The molecule has 1 saturated heterocycles. The molecule has 1 aromatic rings. The molecule has 0 aromatic heterocycles. The van der Waals surface area contributed by atoms with Gasteiger partial charge in [-0.2, -0.15) is 0 Å². The number of hydrogen-bond donors (Lipinski definition) is 3. The Morgan fingerprint density at radius 2 is 1.96 bits per heavy atom. The van der Waals surface area contributed by atoms with Gasteiger partial charge < -0.3 is 10.6 Å². The Bertz CT molecular complexity index is 818. The highest BCUT2D eigenvalue weighted by molar-refractivity contribution is 7.91. The van der Waals surface area contributed by atoms with Gasteiger partial charge >= 0.3 is 0 Å². The van der Waals surface area contributed by atoms with E-state index in [1.54, 1.807) is 12.1 Å². The summed E-state index contributed by atoms with van der Waals surface area (Å²) in [7, 11) is -5.04. The largest absolute Gasteiger partial charge is 0.357 e. The number of hydrogen-bond acceptors (Lipinski definition) is 5. The highest BCUT2D eigenvalue weighted by atomic mass is 32.2. The average molecular weight is 389 g/mol. The summed E-state index contributed by atoms with van der Waals surface area (Å²) in [6, 6.07) is 6.33. The van der Waals surface area contributed by atoms with Crippen LogP contribution in [0.4, 0.5) is 0 Å². The fourth-order valence-electron chi connectivity index (χ4n) is 2.48. The van der Waals surface area contributed by atoms with Gasteiger partial charge in [-0.3, -0.25) is 0 Å². The van der Waals surface area contributed by atoms with Crippen LogP contribution in [0.25, 0.3) is 0 Å². The smallest absolute Gasteiger partial charge is 0.240 e. The van der Waals surface area contributed by atoms with Crippen LogP contribution in [0.1, 0.15) is 18.9 Å². The summed E-state index contributed by atoms with van der Waals surface area (Å²) in [5, 5.41) is 6.23. The second-order valence-corrected chi connectivity index (χ2v) is 9.91. The van der Waals surface area contributed by atoms with Crippen molar-refractivity contribution in [1.82, 2.24) is 15.4 Å². The number of benzene rings is 1. The third-order valence-corrected chi connectivity index (χ3v) is 7.04. The molecule has 0 saturated carbocycles. The summed E-state index contributed by atoms with van der Waals surface area (Å²) >= 11 is 0. The van der Waals surface area contributed by atoms with Crippen LogP contribution in [0.2, 0.25) is 0 Å². The Kier molecular flexibility index (Phi) is 6.42. The summed E-state index contributed by atoms with van der Waals surface area (Å²) in [6.45, 7) is 2.94. The number of sulfone groups is 1. The van der Waals surface area contributed by atoms with Crippen molar-refractivity contribution in [3.8, 4) is 0 Å². The Hall–Kier alpha value is -1.65. The standard InChI is InChI=1S/C15H24N4O4S2/c1-3-17-15(19-13-8-9-24(20,21)11-13)18-10-12-4-6-14(7-5-12)25(22,23)16-2/h4-7,13,16H,3,8-11H2,1-2H3,(H2,17,18,19). The van der Waals surface area contributed by atoms with Crippen molar-refractivity contribution in [1.29, 1.82) is 0 Å². The number of nitrogens with one attached hydrogen (secondary N) is 3. The van der Waals surface area contributed by atoms with Crippen LogP contribution >= 0.6 is 0 Å². The number of sulfonamides is 1. The molecule has 1 aromatic carbocycles. The molecular formula is C15H24N4O4S2. The summed E-state index contributed by atoms with van der Waals surface area (Å²) in [5.74, 6) is 0.871. The van der Waals surface area contributed by atoms with Crippen molar-refractivity contribution in [3.05, 3.63) is 29.8 Å². The Morgan fingerprint density at radius 3 is 2.48 bits per heavy atom. The third kappa shape index (κ3) is 5.68. The van der Waals surface area contributed by atoms with Gasteiger partial charge in [0.1, 0.15) is 0 Å². The lowest BCUT2D eigenvalue weighted by Crippen LogP contribution is -2.44. The molecule has 1 aliphatic rings. The van der Waals surface area contributed by atoms with Crippen LogP contribution in [0.3, 0.4) is 0 Å². The lowest BCUT2D eigenvalue weighted by Gasteiger charge is -2.15. The zero-order chi connectivity index (χ0) is 18.5. The van der Waals surface area contributed by atoms with Crippen LogP contribution in [0, 0.1) is 0 Å². The molecule has 3 N–H and O–H groups in total. The molecule has 1 unspecified atom stereocenters.